The molecule has 29 heavy (non-hydrogen) atoms. The molecule has 5 rings (SSSR count). The van der Waals surface area contributed by atoms with Gasteiger partial charge in [0.15, 0.2) is 0 Å². The van der Waals surface area contributed by atoms with Gasteiger partial charge in [-0.2, -0.15) is 0 Å². The Morgan fingerprint density at radius 1 is 1.41 bits per heavy atom. The average molecular weight is 401 g/mol. The molecule has 2 aliphatic carbocycles. The van der Waals surface area contributed by atoms with E-state index in [0.29, 0.717) is 19.4 Å². The summed E-state index contributed by atoms with van der Waals surface area (Å²) in [5.74, 6) is 0.948. The second kappa shape index (κ2) is 6.39. The second-order valence-electron chi connectivity index (χ2n) is 9.71. The van der Waals surface area contributed by atoms with Crippen LogP contribution in [0.3, 0.4) is 0 Å². The summed E-state index contributed by atoms with van der Waals surface area (Å²) in [5.41, 5.74) is -0.902. The Labute approximate surface area is 169 Å². The number of H-pyrrole nitrogens is 1. The van der Waals surface area contributed by atoms with Gasteiger partial charge in [-0.25, -0.2) is 14.4 Å². The fourth-order valence-corrected chi connectivity index (χ4v) is 5.73. The number of aliphatic hydroxyl groups excluding tert-OH is 1. The first kappa shape index (κ1) is 18.8. The molecular formula is C21H28FN5O2. The smallest absolute Gasteiger partial charge is 0.223 e. The van der Waals surface area contributed by atoms with Crippen molar-refractivity contribution in [3.63, 3.8) is 0 Å². The Bertz CT molecular complexity index is 930. The standard InChI is InChI=1S/C21H28FN5O2/c1-19(22)8-20(9-19,12-28)10-24-18(29)15-3-7-27(11-21(15)4-5-21)17-14-2-6-23-16(14)25-13-26-17/h2,6,13,15,28H,3-5,7-12H2,1H3,(H,24,29)(H,23,25,26)/t15-,19?,20?/m1/s1. The van der Waals surface area contributed by atoms with E-state index in [4.69, 9.17) is 0 Å². The number of halogens is 1. The molecule has 1 spiro atoms. The van der Waals surface area contributed by atoms with Gasteiger partial charge in [-0.15, -0.1) is 0 Å². The fraction of sp³-hybridized carbons (Fsp3) is 0.667. The molecular weight excluding hydrogens is 373 g/mol. The largest absolute Gasteiger partial charge is 0.396 e. The molecule has 0 radical (unpaired) electrons. The van der Waals surface area contributed by atoms with Gasteiger partial charge in [-0.05, 0) is 50.5 Å². The van der Waals surface area contributed by atoms with Gasteiger partial charge in [0, 0.05) is 37.2 Å². The van der Waals surface area contributed by atoms with E-state index in [1.807, 2.05) is 12.3 Å². The van der Waals surface area contributed by atoms with Gasteiger partial charge in [-0.3, -0.25) is 4.79 Å². The van der Waals surface area contributed by atoms with Crippen LogP contribution in [0, 0.1) is 16.7 Å². The zero-order chi connectivity index (χ0) is 20.3. The molecule has 7 nitrogen and oxygen atoms in total. The molecule has 0 bridgehead atoms. The summed E-state index contributed by atoms with van der Waals surface area (Å²) in [4.78, 5) is 27.2. The van der Waals surface area contributed by atoms with Gasteiger partial charge >= 0.3 is 0 Å². The molecule has 0 aromatic carbocycles. The fourth-order valence-electron chi connectivity index (χ4n) is 5.73. The highest BCUT2D eigenvalue weighted by Gasteiger charge is 2.56. The Kier molecular flexibility index (Phi) is 4.14. The van der Waals surface area contributed by atoms with Crippen LogP contribution in [0.25, 0.3) is 11.0 Å². The van der Waals surface area contributed by atoms with E-state index >= 15 is 0 Å². The van der Waals surface area contributed by atoms with Crippen LogP contribution in [0.2, 0.25) is 0 Å². The van der Waals surface area contributed by atoms with Crippen molar-refractivity contribution < 1.29 is 14.3 Å². The number of alkyl halides is 1. The number of carbonyl (C=O) groups is 1. The molecule has 2 aromatic heterocycles. The van der Waals surface area contributed by atoms with E-state index < -0.39 is 11.1 Å². The topological polar surface area (TPSA) is 94.1 Å². The zero-order valence-corrected chi connectivity index (χ0v) is 16.7. The van der Waals surface area contributed by atoms with Crippen molar-refractivity contribution in [2.75, 3.05) is 31.1 Å². The number of carbonyl (C=O) groups excluding carboxylic acids is 1. The second-order valence-corrected chi connectivity index (χ2v) is 9.71. The number of hydrogen-bond donors (Lipinski definition) is 3. The van der Waals surface area contributed by atoms with Gasteiger partial charge in [-0.1, -0.05) is 0 Å². The van der Waals surface area contributed by atoms with Crippen LogP contribution in [0.5, 0.6) is 0 Å². The lowest BCUT2D eigenvalue weighted by Crippen LogP contribution is -2.56. The molecule has 2 saturated carbocycles. The quantitative estimate of drug-likeness (QED) is 0.714. The number of piperidine rings is 1. The third-order valence-corrected chi connectivity index (χ3v) is 7.23. The van der Waals surface area contributed by atoms with Crippen molar-refractivity contribution in [2.45, 2.75) is 44.7 Å². The summed E-state index contributed by atoms with van der Waals surface area (Å²) in [5, 5.41) is 13.8. The zero-order valence-electron chi connectivity index (χ0n) is 16.7. The first-order valence-corrected chi connectivity index (χ1v) is 10.5. The van der Waals surface area contributed by atoms with E-state index in [1.165, 1.54) is 0 Å². The van der Waals surface area contributed by atoms with Crippen molar-refractivity contribution in [3.05, 3.63) is 18.6 Å². The minimum Gasteiger partial charge on any atom is -0.396 e. The number of anilines is 1. The van der Waals surface area contributed by atoms with Crippen LogP contribution in [0.1, 0.15) is 39.0 Å². The number of aromatic amines is 1. The molecule has 3 fully saturated rings. The Hall–Kier alpha value is -2.22. The van der Waals surface area contributed by atoms with E-state index in [2.05, 4.69) is 25.2 Å². The maximum atomic E-state index is 13.9. The van der Waals surface area contributed by atoms with Crippen LogP contribution < -0.4 is 10.2 Å². The lowest BCUT2D eigenvalue weighted by Gasteiger charge is -2.49. The Balaban J connectivity index is 1.26. The molecule has 2 aromatic rings. The maximum Gasteiger partial charge on any atom is 0.223 e. The summed E-state index contributed by atoms with van der Waals surface area (Å²) in [6.07, 6.45) is 6.91. The van der Waals surface area contributed by atoms with E-state index in [9.17, 15) is 14.3 Å². The van der Waals surface area contributed by atoms with Crippen LogP contribution in [0.4, 0.5) is 10.2 Å². The summed E-state index contributed by atoms with van der Waals surface area (Å²) >= 11 is 0. The van der Waals surface area contributed by atoms with Crippen LogP contribution in [-0.4, -0.2) is 57.9 Å². The first-order chi connectivity index (χ1) is 13.9. The van der Waals surface area contributed by atoms with Gasteiger partial charge in [0.2, 0.25) is 5.91 Å². The normalized spacial score (nSPS) is 32.9. The maximum absolute atomic E-state index is 13.9. The number of aromatic nitrogens is 3. The number of rotatable bonds is 5. The minimum absolute atomic E-state index is 0.00346. The number of fused-ring (bicyclic) bond motifs is 1. The predicted octanol–water partition coefficient (Wildman–Crippen LogP) is 2.18. The third-order valence-electron chi connectivity index (χ3n) is 7.23. The van der Waals surface area contributed by atoms with Crippen LogP contribution in [-0.2, 0) is 4.79 Å². The first-order valence-electron chi connectivity index (χ1n) is 10.5. The molecule has 1 aliphatic heterocycles. The van der Waals surface area contributed by atoms with E-state index in [-0.39, 0.29) is 23.8 Å². The van der Waals surface area contributed by atoms with Crippen molar-refractivity contribution in [1.82, 2.24) is 20.3 Å². The molecule has 1 saturated heterocycles. The highest BCUT2D eigenvalue weighted by Crippen LogP contribution is 2.56. The van der Waals surface area contributed by atoms with Gasteiger partial charge < -0.3 is 20.3 Å². The average Bonchev–Trinajstić information content (AvgIpc) is 3.26. The lowest BCUT2D eigenvalue weighted by atomic mass is 9.61. The third kappa shape index (κ3) is 3.17. The van der Waals surface area contributed by atoms with Crippen molar-refractivity contribution in [2.24, 2.45) is 16.7 Å². The molecule has 156 valence electrons. The van der Waals surface area contributed by atoms with Crippen LogP contribution >= 0.6 is 0 Å². The van der Waals surface area contributed by atoms with E-state index in [1.54, 1.807) is 13.3 Å². The Morgan fingerprint density at radius 3 is 2.90 bits per heavy atom. The molecule has 3 aliphatic rings. The van der Waals surface area contributed by atoms with Crippen LogP contribution in [0.15, 0.2) is 18.6 Å². The number of nitrogens with zero attached hydrogens (tertiary/aromatic N) is 3. The summed E-state index contributed by atoms with van der Waals surface area (Å²) in [6.45, 7) is 3.41. The highest BCUT2D eigenvalue weighted by molar-refractivity contribution is 5.87. The van der Waals surface area contributed by atoms with E-state index in [0.717, 1.165) is 49.2 Å². The molecule has 0 unspecified atom stereocenters. The molecule has 1 amide bonds. The molecule has 3 heterocycles. The van der Waals surface area contributed by atoms with Gasteiger partial charge in [0.25, 0.3) is 0 Å². The van der Waals surface area contributed by atoms with Gasteiger partial charge in [0.05, 0.1) is 12.0 Å². The van der Waals surface area contributed by atoms with Crippen molar-refractivity contribution in [3.8, 4) is 0 Å². The lowest BCUT2D eigenvalue weighted by molar-refractivity contribution is -0.131. The molecule has 8 heteroatoms. The molecule has 3 N–H and O–H groups in total. The summed E-state index contributed by atoms with van der Waals surface area (Å²) < 4.78 is 13.9. The Morgan fingerprint density at radius 2 is 2.21 bits per heavy atom. The summed E-state index contributed by atoms with van der Waals surface area (Å²) in [7, 11) is 0. The van der Waals surface area contributed by atoms with Gasteiger partial charge in [0.1, 0.15) is 23.5 Å². The van der Waals surface area contributed by atoms with Crippen molar-refractivity contribution >= 4 is 22.8 Å². The monoisotopic (exact) mass is 401 g/mol. The number of amides is 1. The minimum atomic E-state index is -1.22. The van der Waals surface area contributed by atoms with Crippen molar-refractivity contribution in [1.29, 1.82) is 0 Å². The summed E-state index contributed by atoms with van der Waals surface area (Å²) in [6, 6.07) is 1.99. The highest BCUT2D eigenvalue weighted by atomic mass is 19.1. The number of hydrogen-bond acceptors (Lipinski definition) is 5. The SMILES string of the molecule is CC1(F)CC(CO)(CNC(=O)[C@H]2CCN(c3ncnc4[nH]ccc34)CC23CC3)C1. The predicted molar refractivity (Wildman–Crippen MR) is 107 cm³/mol. The molecule has 1 atom stereocenters. The number of nitrogens with one attached hydrogen (secondary N) is 2. The number of aliphatic hydroxyl groups is 1.